The standard InChI is InChI=1S/C18H27F3N4O3S/c1-22-17(23-10-5-13-28-16-6-3-2-4-7-16)24-14-15-8-11-25(12-9-15)29(26,27)18(19,20)21/h2-4,6-7,15H,5,8-14H2,1H3,(H2,22,23,24). The van der Waals surface area contributed by atoms with Crippen molar-refractivity contribution in [3.8, 4) is 5.75 Å². The number of alkyl halides is 3. The van der Waals surface area contributed by atoms with E-state index in [9.17, 15) is 21.6 Å². The predicted molar refractivity (Wildman–Crippen MR) is 105 cm³/mol. The number of sulfonamides is 1. The maximum atomic E-state index is 12.6. The van der Waals surface area contributed by atoms with E-state index >= 15 is 0 Å². The van der Waals surface area contributed by atoms with Crippen molar-refractivity contribution in [1.82, 2.24) is 14.9 Å². The fourth-order valence-corrected chi connectivity index (χ4v) is 3.93. The molecule has 164 valence electrons. The molecule has 0 radical (unpaired) electrons. The topological polar surface area (TPSA) is 83.0 Å². The molecule has 1 aliphatic heterocycles. The molecule has 2 rings (SSSR count). The molecule has 1 fully saturated rings. The summed E-state index contributed by atoms with van der Waals surface area (Å²) >= 11 is 0. The van der Waals surface area contributed by atoms with Gasteiger partial charge in [-0.2, -0.15) is 17.5 Å². The van der Waals surface area contributed by atoms with Crippen LogP contribution in [0.4, 0.5) is 13.2 Å². The maximum absolute atomic E-state index is 12.6. The molecule has 0 unspecified atom stereocenters. The number of hydrogen-bond acceptors (Lipinski definition) is 4. The SMILES string of the molecule is CN=C(NCCCOc1ccccc1)NCC1CCN(S(=O)(=O)C(F)(F)F)CC1. The van der Waals surface area contributed by atoms with E-state index in [1.807, 2.05) is 30.3 Å². The summed E-state index contributed by atoms with van der Waals surface area (Å²) in [5.41, 5.74) is -5.24. The number of piperidine rings is 1. The number of halogens is 3. The number of aliphatic imine (C=N–C) groups is 1. The lowest BCUT2D eigenvalue weighted by molar-refractivity contribution is -0.0496. The van der Waals surface area contributed by atoms with E-state index in [1.54, 1.807) is 7.05 Å². The summed E-state index contributed by atoms with van der Waals surface area (Å²) in [6, 6.07) is 9.51. The van der Waals surface area contributed by atoms with Crippen LogP contribution >= 0.6 is 0 Å². The Bertz CT molecular complexity index is 749. The maximum Gasteiger partial charge on any atom is 0.511 e. The molecule has 0 atom stereocenters. The molecular weight excluding hydrogens is 409 g/mol. The zero-order valence-corrected chi connectivity index (χ0v) is 17.1. The van der Waals surface area contributed by atoms with E-state index in [0.29, 0.717) is 42.8 Å². The number of nitrogens with zero attached hydrogens (tertiary/aromatic N) is 2. The molecule has 1 heterocycles. The van der Waals surface area contributed by atoms with Gasteiger partial charge in [0, 0.05) is 33.2 Å². The van der Waals surface area contributed by atoms with Crippen LogP contribution in [-0.2, 0) is 10.0 Å². The minimum atomic E-state index is -5.24. The number of ether oxygens (including phenoxy) is 1. The molecule has 0 saturated carbocycles. The van der Waals surface area contributed by atoms with Gasteiger partial charge in [0.15, 0.2) is 5.96 Å². The fourth-order valence-electron chi connectivity index (χ4n) is 2.95. The van der Waals surface area contributed by atoms with Crippen LogP contribution in [0.15, 0.2) is 35.3 Å². The van der Waals surface area contributed by atoms with Gasteiger partial charge in [-0.3, -0.25) is 4.99 Å². The molecule has 1 aromatic carbocycles. The Kier molecular flexibility index (Phi) is 8.57. The Morgan fingerprint density at radius 3 is 2.45 bits per heavy atom. The van der Waals surface area contributed by atoms with Crippen LogP contribution < -0.4 is 15.4 Å². The van der Waals surface area contributed by atoms with E-state index in [2.05, 4.69) is 15.6 Å². The third kappa shape index (κ3) is 7.07. The number of rotatable bonds is 8. The van der Waals surface area contributed by atoms with Crippen LogP contribution in [0.1, 0.15) is 19.3 Å². The van der Waals surface area contributed by atoms with Gasteiger partial charge in [0.05, 0.1) is 6.61 Å². The van der Waals surface area contributed by atoms with Crippen molar-refractivity contribution >= 4 is 16.0 Å². The molecule has 2 N–H and O–H groups in total. The van der Waals surface area contributed by atoms with Crippen LogP contribution in [-0.4, -0.2) is 64.0 Å². The molecule has 11 heteroatoms. The normalized spacial score (nSPS) is 17.2. The Morgan fingerprint density at radius 2 is 1.86 bits per heavy atom. The summed E-state index contributed by atoms with van der Waals surface area (Å²) in [5.74, 6) is 1.48. The van der Waals surface area contributed by atoms with Crippen molar-refractivity contribution in [1.29, 1.82) is 0 Å². The van der Waals surface area contributed by atoms with Crippen molar-refractivity contribution in [3.05, 3.63) is 30.3 Å². The largest absolute Gasteiger partial charge is 0.511 e. The highest BCUT2D eigenvalue weighted by atomic mass is 32.2. The fraction of sp³-hybridized carbons (Fsp3) is 0.611. The van der Waals surface area contributed by atoms with E-state index in [0.717, 1.165) is 12.2 Å². The highest BCUT2D eigenvalue weighted by molar-refractivity contribution is 7.90. The summed E-state index contributed by atoms with van der Waals surface area (Å²) in [5, 5.41) is 6.29. The smallest absolute Gasteiger partial charge is 0.494 e. The Labute approximate surface area is 169 Å². The van der Waals surface area contributed by atoms with Crippen molar-refractivity contribution < 1.29 is 26.3 Å². The average molecular weight is 437 g/mol. The van der Waals surface area contributed by atoms with E-state index in [4.69, 9.17) is 4.74 Å². The summed E-state index contributed by atoms with van der Waals surface area (Å²) in [7, 11) is -3.60. The second-order valence-corrected chi connectivity index (χ2v) is 8.62. The van der Waals surface area contributed by atoms with Gasteiger partial charge >= 0.3 is 15.5 Å². The highest BCUT2D eigenvalue weighted by Gasteiger charge is 2.50. The third-order valence-electron chi connectivity index (χ3n) is 4.61. The highest BCUT2D eigenvalue weighted by Crippen LogP contribution is 2.30. The number of nitrogens with one attached hydrogen (secondary N) is 2. The first-order chi connectivity index (χ1) is 13.7. The van der Waals surface area contributed by atoms with Crippen LogP contribution in [0, 0.1) is 5.92 Å². The van der Waals surface area contributed by atoms with E-state index in [1.165, 1.54) is 0 Å². The molecule has 0 aliphatic carbocycles. The molecule has 1 saturated heterocycles. The van der Waals surface area contributed by atoms with Gasteiger partial charge in [0.2, 0.25) is 0 Å². The zero-order chi connectivity index (χ0) is 21.3. The predicted octanol–water partition coefficient (Wildman–Crippen LogP) is 2.18. The van der Waals surface area contributed by atoms with E-state index < -0.39 is 15.5 Å². The van der Waals surface area contributed by atoms with Crippen LogP contribution in [0.3, 0.4) is 0 Å². The average Bonchev–Trinajstić information content (AvgIpc) is 2.70. The number of guanidine groups is 1. The molecule has 1 aliphatic rings. The third-order valence-corrected chi connectivity index (χ3v) is 6.24. The van der Waals surface area contributed by atoms with Gasteiger partial charge in [-0.15, -0.1) is 0 Å². The van der Waals surface area contributed by atoms with Crippen molar-refractivity contribution in [2.24, 2.45) is 10.9 Å². The van der Waals surface area contributed by atoms with Crippen molar-refractivity contribution in [2.75, 3.05) is 39.8 Å². The van der Waals surface area contributed by atoms with Gasteiger partial charge < -0.3 is 15.4 Å². The number of para-hydroxylation sites is 1. The van der Waals surface area contributed by atoms with Crippen molar-refractivity contribution in [2.45, 2.75) is 24.8 Å². The summed E-state index contributed by atoms with van der Waals surface area (Å²) in [6.07, 6.45) is 1.50. The molecule has 1 aromatic rings. The van der Waals surface area contributed by atoms with Gasteiger partial charge in [0.25, 0.3) is 0 Å². The second-order valence-electron chi connectivity index (χ2n) is 6.69. The molecule has 7 nitrogen and oxygen atoms in total. The molecule has 0 aromatic heterocycles. The van der Waals surface area contributed by atoms with Gasteiger partial charge in [-0.1, -0.05) is 18.2 Å². The quantitative estimate of drug-likeness (QED) is 0.371. The van der Waals surface area contributed by atoms with E-state index in [-0.39, 0.29) is 19.0 Å². The molecule has 29 heavy (non-hydrogen) atoms. The number of hydrogen-bond donors (Lipinski definition) is 2. The second kappa shape index (κ2) is 10.7. The molecule has 0 bridgehead atoms. The van der Waals surface area contributed by atoms with Crippen LogP contribution in [0.5, 0.6) is 5.75 Å². The Balaban J connectivity index is 1.63. The number of benzene rings is 1. The zero-order valence-electron chi connectivity index (χ0n) is 16.3. The minimum absolute atomic E-state index is 0.0784. The van der Waals surface area contributed by atoms with Crippen LogP contribution in [0.2, 0.25) is 0 Å². The lowest BCUT2D eigenvalue weighted by Gasteiger charge is -2.31. The Hall–Kier alpha value is -2.01. The summed E-state index contributed by atoms with van der Waals surface area (Å²) in [4.78, 5) is 4.11. The molecule has 0 amide bonds. The first-order valence-corrected chi connectivity index (χ1v) is 10.9. The summed E-state index contributed by atoms with van der Waals surface area (Å²) < 4.78 is 66.8. The van der Waals surface area contributed by atoms with Gasteiger partial charge in [0.1, 0.15) is 5.75 Å². The lowest BCUT2D eigenvalue weighted by atomic mass is 9.98. The van der Waals surface area contributed by atoms with Crippen LogP contribution in [0.25, 0.3) is 0 Å². The first-order valence-electron chi connectivity index (χ1n) is 9.43. The van der Waals surface area contributed by atoms with Gasteiger partial charge in [-0.25, -0.2) is 8.42 Å². The first kappa shape index (κ1) is 23.3. The lowest BCUT2D eigenvalue weighted by Crippen LogP contribution is -2.47. The Morgan fingerprint density at radius 1 is 1.21 bits per heavy atom. The molecular formula is C18H27F3N4O3S. The summed E-state index contributed by atoms with van der Waals surface area (Å²) in [6.45, 7) is 1.46. The monoisotopic (exact) mass is 436 g/mol. The molecule has 0 spiro atoms. The van der Waals surface area contributed by atoms with Crippen molar-refractivity contribution in [3.63, 3.8) is 0 Å². The van der Waals surface area contributed by atoms with Gasteiger partial charge in [-0.05, 0) is 37.3 Å². The minimum Gasteiger partial charge on any atom is -0.494 e.